The van der Waals surface area contributed by atoms with Crippen molar-refractivity contribution in [3.63, 3.8) is 0 Å². The van der Waals surface area contributed by atoms with Crippen molar-refractivity contribution in [1.82, 2.24) is 0 Å². The second-order valence-electron chi connectivity index (χ2n) is 28.7. The molecule has 1 N–H and O–H groups in total. The Hall–Kier alpha value is -4.57. The summed E-state index contributed by atoms with van der Waals surface area (Å²) in [6.07, 6.45) is 112. The Morgan fingerprint density at radius 3 is 0.859 bits per heavy atom. The number of likely N-dealkylation sites (N-methyl/N-ethyl adjacent to an activating group) is 1. The number of unbranched alkanes of at least 4 members (excludes halogenated alkanes) is 39. The van der Waals surface area contributed by atoms with Gasteiger partial charge in [-0.2, -0.15) is 0 Å². The van der Waals surface area contributed by atoms with E-state index in [1.165, 1.54) is 218 Å². The summed E-state index contributed by atoms with van der Waals surface area (Å²) < 4.78 is 23.1. The fourth-order valence-electron chi connectivity index (χ4n) is 11.6. The molecule has 9 nitrogen and oxygen atoms in total. The van der Waals surface area contributed by atoms with Gasteiger partial charge in [-0.3, -0.25) is 9.59 Å². The predicted molar refractivity (Wildman–Crippen MR) is 428 cm³/mol. The molecule has 99 heavy (non-hydrogen) atoms. The Balaban J connectivity index is 4.03. The van der Waals surface area contributed by atoms with Crippen LogP contribution in [0.25, 0.3) is 0 Å². The van der Waals surface area contributed by atoms with Crippen molar-refractivity contribution < 1.29 is 42.9 Å². The van der Waals surface area contributed by atoms with Crippen LogP contribution in [0.5, 0.6) is 0 Å². The smallest absolute Gasteiger partial charge is 0.361 e. The van der Waals surface area contributed by atoms with Gasteiger partial charge in [-0.05, 0) is 116 Å². The molecule has 0 radical (unpaired) electrons. The molecule has 0 aromatic carbocycles. The lowest BCUT2D eigenvalue weighted by Crippen LogP contribution is -2.40. The van der Waals surface area contributed by atoms with Crippen molar-refractivity contribution in [3.05, 3.63) is 134 Å². The summed E-state index contributed by atoms with van der Waals surface area (Å²) in [6.45, 7) is 4.78. The fourth-order valence-corrected chi connectivity index (χ4v) is 11.6. The van der Waals surface area contributed by atoms with Crippen LogP contribution in [0.4, 0.5) is 0 Å². The summed E-state index contributed by atoms with van der Waals surface area (Å²) >= 11 is 0. The molecule has 0 rings (SSSR count). The van der Waals surface area contributed by atoms with Crippen molar-refractivity contribution in [2.45, 2.75) is 373 Å². The Morgan fingerprint density at radius 1 is 0.313 bits per heavy atom. The van der Waals surface area contributed by atoms with Gasteiger partial charge in [0.2, 0.25) is 0 Å². The Kier molecular flexibility index (Phi) is 75.5. The first-order valence-corrected chi connectivity index (χ1v) is 41.3. The van der Waals surface area contributed by atoms with Crippen molar-refractivity contribution >= 4 is 17.9 Å². The third-order valence-electron chi connectivity index (χ3n) is 17.9. The van der Waals surface area contributed by atoms with Crippen LogP contribution in [0.1, 0.15) is 361 Å². The molecular formula is C90H156NO8+. The number of carbonyl (C=O) groups is 3. The minimum absolute atomic E-state index is 0.183. The summed E-state index contributed by atoms with van der Waals surface area (Å²) in [7, 11) is 5.98. The molecule has 0 aliphatic rings. The van der Waals surface area contributed by atoms with Gasteiger partial charge in [0.25, 0.3) is 6.29 Å². The zero-order valence-corrected chi connectivity index (χ0v) is 65.1. The number of aliphatic carboxylic acids is 1. The van der Waals surface area contributed by atoms with Crippen LogP contribution in [-0.2, 0) is 33.3 Å². The fraction of sp³-hybridized carbons (Fsp3) is 0.722. The highest BCUT2D eigenvalue weighted by Gasteiger charge is 2.25. The van der Waals surface area contributed by atoms with E-state index in [0.717, 1.165) is 109 Å². The largest absolute Gasteiger partial charge is 0.477 e. The second kappa shape index (κ2) is 79.1. The van der Waals surface area contributed by atoms with Crippen LogP contribution in [-0.4, -0.2) is 87.4 Å². The van der Waals surface area contributed by atoms with E-state index < -0.39 is 24.3 Å². The van der Waals surface area contributed by atoms with E-state index in [1.54, 1.807) is 0 Å². The van der Waals surface area contributed by atoms with E-state index in [4.69, 9.17) is 18.9 Å². The van der Waals surface area contributed by atoms with Gasteiger partial charge in [-0.15, -0.1) is 0 Å². The number of hydrogen-bond acceptors (Lipinski definition) is 7. The van der Waals surface area contributed by atoms with E-state index in [-0.39, 0.29) is 32.2 Å². The minimum Gasteiger partial charge on any atom is -0.477 e. The van der Waals surface area contributed by atoms with Crippen molar-refractivity contribution in [1.29, 1.82) is 0 Å². The summed E-state index contributed by atoms with van der Waals surface area (Å²) in [6, 6.07) is 0. The molecule has 0 bridgehead atoms. The summed E-state index contributed by atoms with van der Waals surface area (Å²) in [5.41, 5.74) is 0. The standard InChI is InChI=1S/C90H155NO8/c1-6-8-10-12-14-16-18-20-22-24-26-28-30-32-34-36-38-40-42-43-44-45-47-48-50-52-54-56-58-60-62-64-66-68-70-72-74-76-78-80-87(92)97-84-86(85-98-90(89(94)95)96-83-82-91(3,4)5)99-88(93)81-79-77-75-73-71-69-67-65-63-61-59-57-55-53-51-49-46-41-39-37-35-33-31-29-27-25-23-21-19-17-15-13-11-9-7-2/h9,11,15,17-18,20-21,23-24,26-27,29-30,32-33,35,39,41,49,51,55,57,86,90H,6-8,10,12-14,16,19,22,25,28,31,34,36-38,40,42-48,50,52-54,56,58-85H2,1-5H3/p+1/b11-9-,17-15-,20-18-,23-21-,26-24-,29-27-,32-30-,35-33-,41-39-,51-49-,57-55-. The average Bonchev–Trinajstić information content (AvgIpc) is 1.16. The molecule has 2 atom stereocenters. The van der Waals surface area contributed by atoms with Gasteiger partial charge in [-0.25, -0.2) is 4.79 Å². The lowest BCUT2D eigenvalue weighted by Gasteiger charge is -2.25. The molecule has 0 fully saturated rings. The van der Waals surface area contributed by atoms with Crippen molar-refractivity contribution in [2.24, 2.45) is 0 Å². The normalized spacial score (nSPS) is 13.3. The number of allylic oxidation sites excluding steroid dienone is 22. The monoisotopic (exact) mass is 1380 g/mol. The zero-order chi connectivity index (χ0) is 71.8. The van der Waals surface area contributed by atoms with Crippen molar-refractivity contribution in [2.75, 3.05) is 47.5 Å². The summed E-state index contributed by atoms with van der Waals surface area (Å²) in [5, 5.41) is 9.78. The van der Waals surface area contributed by atoms with Gasteiger partial charge < -0.3 is 28.5 Å². The Labute approximate surface area is 611 Å². The molecule has 0 aromatic heterocycles. The number of ether oxygens (including phenoxy) is 4. The maximum Gasteiger partial charge on any atom is 0.361 e. The van der Waals surface area contributed by atoms with Gasteiger partial charge in [-0.1, -0.05) is 366 Å². The maximum absolute atomic E-state index is 13.0. The molecule has 0 heterocycles. The summed E-state index contributed by atoms with van der Waals surface area (Å²) in [5.74, 6) is -2.00. The zero-order valence-electron chi connectivity index (χ0n) is 65.1. The molecular weight excluding hydrogens is 1220 g/mol. The number of carbonyl (C=O) groups excluding carboxylic acids is 2. The lowest BCUT2D eigenvalue weighted by molar-refractivity contribution is -0.870. The topological polar surface area (TPSA) is 108 Å². The van der Waals surface area contributed by atoms with Gasteiger partial charge in [0.15, 0.2) is 6.10 Å². The highest BCUT2D eigenvalue weighted by atomic mass is 16.7. The van der Waals surface area contributed by atoms with Gasteiger partial charge in [0.1, 0.15) is 13.2 Å². The first kappa shape index (κ1) is 94.4. The number of hydrogen-bond donors (Lipinski definition) is 1. The number of esters is 2. The molecule has 0 aliphatic heterocycles. The van der Waals surface area contributed by atoms with Crippen LogP contribution < -0.4 is 0 Å². The van der Waals surface area contributed by atoms with Gasteiger partial charge >= 0.3 is 17.9 Å². The molecule has 2 unspecified atom stereocenters. The van der Waals surface area contributed by atoms with Gasteiger partial charge in [0, 0.05) is 12.8 Å². The number of carboxylic acids is 1. The van der Waals surface area contributed by atoms with E-state index >= 15 is 0 Å². The molecule has 0 spiro atoms. The third-order valence-corrected chi connectivity index (χ3v) is 17.9. The first-order chi connectivity index (χ1) is 48.6. The first-order valence-electron chi connectivity index (χ1n) is 41.3. The van der Waals surface area contributed by atoms with E-state index in [0.29, 0.717) is 23.9 Å². The molecule has 0 aliphatic carbocycles. The summed E-state index contributed by atoms with van der Waals surface area (Å²) in [4.78, 5) is 37.8. The van der Waals surface area contributed by atoms with E-state index in [1.807, 2.05) is 21.1 Å². The molecule has 568 valence electrons. The van der Waals surface area contributed by atoms with Crippen LogP contribution in [0, 0.1) is 0 Å². The van der Waals surface area contributed by atoms with E-state index in [2.05, 4.69) is 148 Å². The van der Waals surface area contributed by atoms with Crippen LogP contribution in [0.15, 0.2) is 134 Å². The highest BCUT2D eigenvalue weighted by Crippen LogP contribution is 2.19. The molecule has 0 amide bonds. The lowest BCUT2D eigenvalue weighted by atomic mass is 10.0. The highest BCUT2D eigenvalue weighted by molar-refractivity contribution is 5.71. The molecule has 9 heteroatoms. The number of nitrogens with zero attached hydrogens (tertiary/aromatic N) is 1. The third kappa shape index (κ3) is 80.6. The Bertz CT molecular complexity index is 2100. The molecule has 0 saturated carbocycles. The van der Waals surface area contributed by atoms with Crippen LogP contribution in [0.3, 0.4) is 0 Å². The maximum atomic E-state index is 13.0. The number of carboxylic acid groups (broad SMARTS) is 1. The minimum atomic E-state index is -1.52. The average molecular weight is 1380 g/mol. The molecule has 0 aromatic rings. The SMILES string of the molecule is CC/C=C\C/C=C\C/C=C\C/C=C\C/C=C\C/C=C\C/C=C\C/C=C\CCCCCCCCCCCCC(=O)OC(COC(=O)CCCCCCCCCCCCCCCCCCCCCCCCCC/C=C\C/C=C\C/C=C\CCCCCCC)COC(OCC[N+](C)(C)C)C(=O)O. The number of quaternary nitrogens is 1. The Morgan fingerprint density at radius 2 is 0.576 bits per heavy atom. The van der Waals surface area contributed by atoms with Crippen LogP contribution in [0.2, 0.25) is 0 Å². The van der Waals surface area contributed by atoms with Gasteiger partial charge in [0.05, 0.1) is 34.4 Å². The molecule has 0 saturated heterocycles. The second-order valence-corrected chi connectivity index (χ2v) is 28.7. The number of rotatable bonds is 76. The quantitative estimate of drug-likeness (QED) is 0.0211. The van der Waals surface area contributed by atoms with Crippen molar-refractivity contribution in [3.8, 4) is 0 Å². The van der Waals surface area contributed by atoms with Crippen LogP contribution >= 0.6 is 0 Å². The van der Waals surface area contributed by atoms with E-state index in [9.17, 15) is 19.5 Å². The predicted octanol–water partition coefficient (Wildman–Crippen LogP) is 26.8.